The highest BCUT2D eigenvalue weighted by Crippen LogP contribution is 2.35. The molecule has 0 N–H and O–H groups in total. The maximum atomic E-state index is 4.60. The number of pyridine rings is 2. The Kier molecular flexibility index (Phi) is 22.6. The van der Waals surface area contributed by atoms with Gasteiger partial charge in [0.1, 0.15) is 43.2 Å². The quantitative estimate of drug-likeness (QED) is 0.125. The molecule has 15 aromatic rings. The van der Waals surface area contributed by atoms with Gasteiger partial charge in [-0.2, -0.15) is 34.1 Å². The summed E-state index contributed by atoms with van der Waals surface area (Å²) in [6.45, 7) is 17.6. The molecule has 0 atom stereocenters. The van der Waals surface area contributed by atoms with Crippen LogP contribution in [0.1, 0.15) is 72.9 Å². The molecule has 99 heavy (non-hydrogen) atoms. The minimum Gasteiger partial charge on any atom is -0.298 e. The summed E-state index contributed by atoms with van der Waals surface area (Å²) in [5, 5.41) is 16.5. The minimum absolute atomic E-state index is 0.450. The van der Waals surface area contributed by atoms with Gasteiger partial charge in [0.25, 0.3) is 5.82 Å². The molecule has 0 amide bonds. The van der Waals surface area contributed by atoms with E-state index in [0.717, 1.165) is 34.5 Å². The van der Waals surface area contributed by atoms with Crippen molar-refractivity contribution < 1.29 is 23.1 Å². The monoisotopic (exact) mass is 1320 g/mol. The van der Waals surface area contributed by atoms with E-state index in [1.54, 1.807) is 17.2 Å². The van der Waals surface area contributed by atoms with Gasteiger partial charge in [0.05, 0.1) is 36.9 Å². The number of hydrogen-bond donors (Lipinski definition) is 0. The first-order valence-corrected chi connectivity index (χ1v) is 33.3. The van der Waals surface area contributed by atoms with E-state index in [4.69, 9.17) is 0 Å². The maximum absolute atomic E-state index is 4.60. The number of fused-ring (bicyclic) bond motifs is 1. The Bertz CT molecular complexity index is 4850. The molecule has 0 radical (unpaired) electrons. The number of rotatable bonds is 10. The first-order valence-electron chi connectivity index (χ1n) is 33.3. The Hall–Kier alpha value is -11.7. The molecule has 0 saturated heterocycles. The average Bonchev–Trinajstić information content (AvgIpc) is 1.59. The van der Waals surface area contributed by atoms with Gasteiger partial charge < -0.3 is 0 Å². The second-order valence-electron chi connectivity index (χ2n) is 25.2. The van der Waals surface area contributed by atoms with Crippen LogP contribution in [-0.2, 0) is 63.4 Å². The van der Waals surface area contributed by atoms with E-state index in [1.165, 1.54) is 78.6 Å². The number of para-hydroxylation sites is 5. The molecule has 0 bridgehead atoms. The highest BCUT2D eigenvalue weighted by atomic mass is 15.4. The Balaban J connectivity index is 0.000000132. The van der Waals surface area contributed by atoms with Crippen molar-refractivity contribution in [2.75, 3.05) is 0 Å². The fraction of sp³-hybridized carbons (Fsp3) is 0.237. The van der Waals surface area contributed by atoms with E-state index in [-0.39, 0.29) is 0 Å². The van der Waals surface area contributed by atoms with Crippen LogP contribution in [0.15, 0.2) is 250 Å². The highest BCUT2D eigenvalue weighted by Gasteiger charge is 2.29. The topological polar surface area (TPSA) is 136 Å². The van der Waals surface area contributed by atoms with Crippen molar-refractivity contribution in [1.82, 2.24) is 67.6 Å². The van der Waals surface area contributed by atoms with Crippen LogP contribution < -0.4 is 23.1 Å². The van der Waals surface area contributed by atoms with Gasteiger partial charge in [0.15, 0.2) is 61.6 Å². The van der Waals surface area contributed by atoms with Crippen LogP contribution in [-0.4, -0.2) is 67.6 Å². The summed E-state index contributed by atoms with van der Waals surface area (Å²) in [5.74, 6) is 4.98. The van der Waals surface area contributed by atoms with Crippen molar-refractivity contribution in [1.29, 1.82) is 0 Å². The number of aryl methyl sites for hydroxylation is 13. The molecule has 0 unspecified atom stereocenters. The van der Waals surface area contributed by atoms with Gasteiger partial charge >= 0.3 is 0 Å². The van der Waals surface area contributed by atoms with Gasteiger partial charge in [-0.15, -0.1) is 18.7 Å². The fourth-order valence-electron chi connectivity index (χ4n) is 12.3. The van der Waals surface area contributed by atoms with Crippen molar-refractivity contribution in [2.24, 2.45) is 63.4 Å². The summed E-state index contributed by atoms with van der Waals surface area (Å²) in [7, 11) is 17.9. The number of hydrogen-bond acceptors (Lipinski definition) is 6. The molecule has 15 rings (SSSR count). The van der Waals surface area contributed by atoms with Gasteiger partial charge in [-0.3, -0.25) is 13.9 Å². The van der Waals surface area contributed by atoms with E-state index >= 15 is 0 Å². The van der Waals surface area contributed by atoms with Crippen LogP contribution in [0.5, 0.6) is 0 Å². The van der Waals surface area contributed by atoms with Gasteiger partial charge in [0, 0.05) is 95.4 Å². The van der Waals surface area contributed by atoms with Gasteiger partial charge in [-0.25, -0.2) is 23.9 Å². The molecule has 0 aliphatic heterocycles. The lowest BCUT2D eigenvalue weighted by Gasteiger charge is -2.21. The average molecular weight is 1320 g/mol. The van der Waals surface area contributed by atoms with Crippen molar-refractivity contribution in [3.63, 3.8) is 0 Å². The van der Waals surface area contributed by atoms with E-state index in [9.17, 15) is 0 Å². The van der Waals surface area contributed by atoms with Crippen LogP contribution in [0, 0.1) is 27.7 Å². The lowest BCUT2D eigenvalue weighted by atomic mass is 9.92. The summed E-state index contributed by atoms with van der Waals surface area (Å²) >= 11 is 0. The Morgan fingerprint density at radius 3 is 1.47 bits per heavy atom. The molecule has 0 fully saturated rings. The molecular weight excluding hydrogens is 1230 g/mol. The van der Waals surface area contributed by atoms with Crippen LogP contribution in [0.3, 0.4) is 0 Å². The zero-order chi connectivity index (χ0) is 70.4. The standard InChI is InChI=1S/C23H23N2.C19H24N4.C11H13N2.C10H12N3.C9H11N4.C8H11N4/c1-16-10-5-6-13-19(16)23-24(4)20-14-7-8-15-21(20)25(23)22-17(2)11-9-12-18(22)3;1-13(2)15-7-6-8-16(14(3)4)18(15)23-12-11-20-19(23)17-9-10-21-22(17)5;1-10-6-3-4-7-11(10)13-9-5-8-12(13)2;1-12-8-4-3-5-9(12)10-6-7-11-13(10)2;1-12-6-4-3-5-8(12)9-10-7-11-13(9)2;1-10-6-3-7-12(10)8-4-5-9-11(8)2/h5-15H,1-4H3;6-14H,1-5H3;3-9H,1-2H3;3-8H,1-2H3;3-7H,1-2H3;3-7H,1-2H3/q+1;;4*+1. The lowest BCUT2D eigenvalue weighted by molar-refractivity contribution is -0.744. The smallest absolute Gasteiger partial charge is 0.295 e. The molecule has 0 aliphatic rings. The van der Waals surface area contributed by atoms with E-state index in [1.807, 2.05) is 195 Å². The highest BCUT2D eigenvalue weighted by molar-refractivity contribution is 5.80. The number of benzene rings is 5. The Morgan fingerprint density at radius 1 is 0.394 bits per heavy atom. The summed E-state index contributed by atoms with van der Waals surface area (Å²) in [5.41, 5.74) is 19.7. The van der Waals surface area contributed by atoms with E-state index in [2.05, 4.69) is 248 Å². The summed E-state index contributed by atoms with van der Waals surface area (Å²) in [6.07, 6.45) is 23.0. The predicted molar refractivity (Wildman–Crippen MR) is 391 cm³/mol. The summed E-state index contributed by atoms with van der Waals surface area (Å²) in [4.78, 5) is 8.78. The number of aromatic nitrogens is 19. The van der Waals surface area contributed by atoms with Crippen LogP contribution >= 0.6 is 0 Å². The second-order valence-corrected chi connectivity index (χ2v) is 25.2. The van der Waals surface area contributed by atoms with E-state index < -0.39 is 0 Å². The van der Waals surface area contributed by atoms with Crippen LogP contribution in [0.25, 0.3) is 79.7 Å². The van der Waals surface area contributed by atoms with Gasteiger partial charge in [0.2, 0.25) is 17.2 Å². The van der Waals surface area contributed by atoms with Gasteiger partial charge in [-0.05, 0) is 121 Å². The van der Waals surface area contributed by atoms with Crippen molar-refractivity contribution in [3.8, 4) is 68.7 Å². The largest absolute Gasteiger partial charge is 0.298 e. The fourth-order valence-corrected chi connectivity index (χ4v) is 12.3. The second kappa shape index (κ2) is 31.9. The molecule has 19 heteroatoms. The first-order chi connectivity index (χ1) is 47.7. The van der Waals surface area contributed by atoms with E-state index in [0.29, 0.717) is 11.8 Å². The molecule has 0 aliphatic carbocycles. The van der Waals surface area contributed by atoms with Gasteiger partial charge in [-0.1, -0.05) is 113 Å². The van der Waals surface area contributed by atoms with Crippen molar-refractivity contribution >= 4 is 11.0 Å². The molecule has 0 spiro atoms. The maximum Gasteiger partial charge on any atom is 0.295 e. The number of nitrogens with zero attached hydrogens (tertiary/aromatic N) is 19. The predicted octanol–water partition coefficient (Wildman–Crippen LogP) is 12.4. The third-order valence-electron chi connectivity index (χ3n) is 17.6. The molecule has 504 valence electrons. The Labute approximate surface area is 581 Å². The molecule has 10 aromatic heterocycles. The summed E-state index contributed by atoms with van der Waals surface area (Å²) < 4.78 is 26.6. The molecule has 0 saturated carbocycles. The van der Waals surface area contributed by atoms with Crippen LogP contribution in [0.4, 0.5) is 0 Å². The summed E-state index contributed by atoms with van der Waals surface area (Å²) in [6, 6.07) is 60.9. The normalized spacial score (nSPS) is 10.9. The van der Waals surface area contributed by atoms with Crippen molar-refractivity contribution in [2.45, 2.75) is 67.2 Å². The third-order valence-corrected chi connectivity index (χ3v) is 17.6. The Morgan fingerprint density at radius 2 is 0.929 bits per heavy atom. The minimum atomic E-state index is 0.450. The third kappa shape index (κ3) is 15.7. The lowest BCUT2D eigenvalue weighted by Crippen LogP contribution is -2.37. The SMILES string of the molecule is CC(C)c1cccc(C(C)C)c1-n1ccnc1-c1ccnn1C.Cc1ccccc1-c1n(-c2c(C)cccc2C)c2ccccc2[n+]1C.Cc1ccccc1-n1ccc[n+]1C.Cn1nccc1-c1cccc[n+]1C.Cn1nccc1-n1ccc[n+]1C.Cn1ncnc1-c1cccc[n+]1C. The molecule has 5 aromatic carbocycles. The molecule has 10 heterocycles. The number of imidazole rings is 2. The van der Waals surface area contributed by atoms with Crippen molar-refractivity contribution in [3.05, 3.63) is 284 Å². The zero-order valence-corrected chi connectivity index (χ0v) is 60.3. The zero-order valence-electron chi connectivity index (χ0n) is 60.3. The molecular formula is C80H94N19+5. The molecule has 19 nitrogen and oxygen atoms in total. The van der Waals surface area contributed by atoms with Crippen LogP contribution in [0.2, 0.25) is 0 Å². The first kappa shape index (κ1) is 70.1.